The number of rotatable bonds is 9. The highest BCUT2D eigenvalue weighted by Crippen LogP contribution is 2.71. The van der Waals surface area contributed by atoms with Gasteiger partial charge in [0.25, 0.3) is 0 Å². The molecule has 3 aromatic rings. The Balaban J connectivity index is 1.31. The molecular formula is C30H36N6O4S. The predicted molar refractivity (Wildman–Crippen MR) is 155 cm³/mol. The van der Waals surface area contributed by atoms with Crippen LogP contribution in [0.2, 0.25) is 0 Å². The lowest BCUT2D eigenvalue weighted by atomic mass is 9.66. The molecule has 11 heteroatoms. The van der Waals surface area contributed by atoms with Crippen molar-refractivity contribution >= 4 is 40.5 Å². The van der Waals surface area contributed by atoms with E-state index in [9.17, 15) is 19.5 Å². The van der Waals surface area contributed by atoms with Crippen molar-refractivity contribution in [3.8, 4) is 0 Å². The smallest absolute Gasteiger partial charge is 0.245 e. The van der Waals surface area contributed by atoms with Crippen LogP contribution < -0.4 is 10.6 Å². The lowest BCUT2D eigenvalue weighted by Gasteiger charge is -2.38. The van der Waals surface area contributed by atoms with Crippen molar-refractivity contribution in [1.82, 2.24) is 30.5 Å². The van der Waals surface area contributed by atoms with Crippen molar-refractivity contribution in [2.75, 3.05) is 6.61 Å². The zero-order valence-electron chi connectivity index (χ0n) is 23.5. The van der Waals surface area contributed by atoms with E-state index < -0.39 is 33.4 Å². The van der Waals surface area contributed by atoms with Crippen LogP contribution in [0.4, 0.5) is 0 Å². The largest absolute Gasteiger partial charge is 0.394 e. The van der Waals surface area contributed by atoms with Gasteiger partial charge in [0.15, 0.2) is 0 Å². The van der Waals surface area contributed by atoms with Gasteiger partial charge in [-0.1, -0.05) is 61.5 Å². The molecule has 2 aromatic carbocycles. The SMILES string of the molecule is CC(C)[C@H](CO)N1C(=O)[C@@H]2[C@@H](C(=O)NCc3ccccc3)[C@@]3(C)CCC2(S3)C1C(=O)NCn1nnc2ccccc21. The van der Waals surface area contributed by atoms with E-state index in [4.69, 9.17) is 0 Å². The number of para-hydroxylation sites is 1. The first-order valence-electron chi connectivity index (χ1n) is 14.2. The standard InChI is InChI=1S/C30H36N6O4S/c1-18(2)22(16-37)36-25(27(39)32-17-35-21-12-8-7-11-20(21)33-34-35)30-14-13-29(3,41-30)23(24(30)28(36)40)26(38)31-15-19-9-5-4-6-10-19/h4-12,18,22-25,37H,13-17H2,1-3H3,(H,31,38)(H,32,39)/t22-,23-,24-,25?,29+,30?/m0/s1. The Morgan fingerprint density at radius 1 is 1.07 bits per heavy atom. The molecule has 41 heavy (non-hydrogen) atoms. The summed E-state index contributed by atoms with van der Waals surface area (Å²) in [6.07, 6.45) is 1.37. The number of hydrogen-bond donors (Lipinski definition) is 3. The van der Waals surface area contributed by atoms with Crippen molar-refractivity contribution in [2.24, 2.45) is 17.8 Å². The third kappa shape index (κ3) is 4.41. The molecule has 6 rings (SSSR count). The van der Waals surface area contributed by atoms with Gasteiger partial charge in [0.1, 0.15) is 18.2 Å². The molecule has 3 fully saturated rings. The summed E-state index contributed by atoms with van der Waals surface area (Å²) in [7, 11) is 0. The van der Waals surface area contributed by atoms with Gasteiger partial charge < -0.3 is 20.6 Å². The second kappa shape index (κ2) is 10.4. The van der Waals surface area contributed by atoms with E-state index in [-0.39, 0.29) is 36.9 Å². The zero-order chi connectivity index (χ0) is 28.9. The Kier molecular flexibility index (Phi) is 7.05. The number of aliphatic hydroxyl groups is 1. The molecular weight excluding hydrogens is 540 g/mol. The minimum atomic E-state index is -0.826. The fraction of sp³-hybridized carbons (Fsp3) is 0.500. The average Bonchev–Trinajstić information content (AvgIpc) is 3.67. The van der Waals surface area contributed by atoms with E-state index in [2.05, 4.69) is 27.9 Å². The van der Waals surface area contributed by atoms with Gasteiger partial charge in [-0.25, -0.2) is 4.68 Å². The van der Waals surface area contributed by atoms with Crippen LogP contribution in [-0.2, 0) is 27.6 Å². The summed E-state index contributed by atoms with van der Waals surface area (Å²) in [5.41, 5.74) is 2.49. The van der Waals surface area contributed by atoms with Gasteiger partial charge in [-0.15, -0.1) is 16.9 Å². The van der Waals surface area contributed by atoms with E-state index >= 15 is 0 Å². The van der Waals surface area contributed by atoms with E-state index in [0.717, 1.165) is 23.0 Å². The number of amides is 3. The maximum atomic E-state index is 14.3. The van der Waals surface area contributed by atoms with Crippen molar-refractivity contribution < 1.29 is 19.5 Å². The van der Waals surface area contributed by atoms with Gasteiger partial charge in [0, 0.05) is 11.3 Å². The molecule has 2 unspecified atom stereocenters. The van der Waals surface area contributed by atoms with Crippen LogP contribution in [0.5, 0.6) is 0 Å². The molecule has 6 atom stereocenters. The molecule has 3 aliphatic heterocycles. The Bertz CT molecular complexity index is 1480. The molecule has 3 saturated heterocycles. The Morgan fingerprint density at radius 2 is 1.80 bits per heavy atom. The Hall–Kier alpha value is -3.44. The van der Waals surface area contributed by atoms with Gasteiger partial charge in [0.2, 0.25) is 17.7 Å². The van der Waals surface area contributed by atoms with Crippen molar-refractivity contribution in [1.29, 1.82) is 0 Å². The number of carbonyl (C=O) groups is 3. The highest BCUT2D eigenvalue weighted by molar-refractivity contribution is 8.02. The van der Waals surface area contributed by atoms with Gasteiger partial charge >= 0.3 is 0 Å². The van der Waals surface area contributed by atoms with Crippen molar-refractivity contribution in [2.45, 2.75) is 68.4 Å². The summed E-state index contributed by atoms with van der Waals surface area (Å²) in [5, 5.41) is 24.8. The zero-order valence-corrected chi connectivity index (χ0v) is 24.3. The molecule has 0 aliphatic carbocycles. The summed E-state index contributed by atoms with van der Waals surface area (Å²) in [6, 6.07) is 15.8. The summed E-state index contributed by atoms with van der Waals surface area (Å²) >= 11 is 1.62. The maximum absolute atomic E-state index is 14.3. The number of carbonyl (C=O) groups excluding carboxylic acids is 3. The molecule has 3 aliphatic rings. The fourth-order valence-electron chi connectivity index (χ4n) is 7.22. The van der Waals surface area contributed by atoms with Crippen LogP contribution >= 0.6 is 11.8 Å². The highest BCUT2D eigenvalue weighted by Gasteiger charge is 2.77. The summed E-state index contributed by atoms with van der Waals surface area (Å²) in [6.45, 7) is 6.12. The molecule has 2 bridgehead atoms. The first-order valence-corrected chi connectivity index (χ1v) is 15.0. The van der Waals surface area contributed by atoms with E-state index in [0.29, 0.717) is 13.0 Å². The number of aromatic nitrogens is 3. The van der Waals surface area contributed by atoms with Crippen LogP contribution in [0.3, 0.4) is 0 Å². The molecule has 3 N–H and O–H groups in total. The lowest BCUT2D eigenvalue weighted by Crippen LogP contribution is -2.57. The van der Waals surface area contributed by atoms with Gasteiger partial charge in [-0.3, -0.25) is 14.4 Å². The van der Waals surface area contributed by atoms with E-state index in [1.807, 2.05) is 68.4 Å². The summed E-state index contributed by atoms with van der Waals surface area (Å²) in [4.78, 5) is 43.9. The number of benzene rings is 2. The number of thioether (sulfide) groups is 1. The van der Waals surface area contributed by atoms with Gasteiger partial charge in [0.05, 0.1) is 34.7 Å². The van der Waals surface area contributed by atoms with Crippen LogP contribution in [0.1, 0.15) is 39.2 Å². The molecule has 1 spiro atoms. The topological polar surface area (TPSA) is 129 Å². The van der Waals surface area contributed by atoms with E-state index in [1.54, 1.807) is 21.3 Å². The number of fused-ring (bicyclic) bond motifs is 2. The first-order chi connectivity index (χ1) is 19.7. The second-order valence-electron chi connectivity index (χ2n) is 11.9. The summed E-state index contributed by atoms with van der Waals surface area (Å²) in [5.74, 6) is -2.01. The number of nitrogens with one attached hydrogen (secondary N) is 2. The number of nitrogens with zero attached hydrogens (tertiary/aromatic N) is 4. The first kappa shape index (κ1) is 27.7. The second-order valence-corrected chi connectivity index (χ2v) is 13.8. The minimum Gasteiger partial charge on any atom is -0.394 e. The van der Waals surface area contributed by atoms with Crippen LogP contribution in [-0.4, -0.2) is 70.9 Å². The molecule has 3 amide bonds. The Morgan fingerprint density at radius 3 is 2.54 bits per heavy atom. The van der Waals surface area contributed by atoms with Crippen LogP contribution in [0, 0.1) is 17.8 Å². The summed E-state index contributed by atoms with van der Waals surface area (Å²) < 4.78 is 0.383. The van der Waals surface area contributed by atoms with Crippen LogP contribution in [0.15, 0.2) is 54.6 Å². The average molecular weight is 577 g/mol. The number of likely N-dealkylation sites (tertiary alicyclic amines) is 1. The third-order valence-electron chi connectivity index (χ3n) is 9.19. The fourth-order valence-corrected chi connectivity index (χ4v) is 9.56. The minimum absolute atomic E-state index is 0.0862. The van der Waals surface area contributed by atoms with Gasteiger partial charge in [-0.2, -0.15) is 0 Å². The normalized spacial score (nSPS) is 29.2. The Labute approximate surface area is 243 Å². The molecule has 0 radical (unpaired) electrons. The molecule has 1 aromatic heterocycles. The maximum Gasteiger partial charge on any atom is 0.245 e. The van der Waals surface area contributed by atoms with Crippen LogP contribution in [0.25, 0.3) is 11.0 Å². The van der Waals surface area contributed by atoms with Crippen molar-refractivity contribution in [3.05, 3.63) is 60.2 Å². The molecule has 0 saturated carbocycles. The molecule has 4 heterocycles. The number of hydrogen-bond acceptors (Lipinski definition) is 7. The molecule has 216 valence electrons. The van der Waals surface area contributed by atoms with Gasteiger partial charge in [-0.05, 0) is 43.4 Å². The van der Waals surface area contributed by atoms with E-state index in [1.165, 1.54) is 0 Å². The molecule has 10 nitrogen and oxygen atoms in total. The predicted octanol–water partition coefficient (Wildman–Crippen LogP) is 2.32. The lowest BCUT2D eigenvalue weighted by molar-refractivity contribution is -0.144. The quantitative estimate of drug-likeness (QED) is 0.357. The third-order valence-corrected chi connectivity index (χ3v) is 11.2. The monoisotopic (exact) mass is 576 g/mol. The van der Waals surface area contributed by atoms with Crippen molar-refractivity contribution in [3.63, 3.8) is 0 Å². The number of aliphatic hydroxyl groups excluding tert-OH is 1. The highest BCUT2D eigenvalue weighted by atomic mass is 32.2.